The number of amides is 2. The predicted octanol–water partition coefficient (Wildman–Crippen LogP) is 4.51. The van der Waals surface area contributed by atoms with Gasteiger partial charge in [-0.05, 0) is 42.5 Å². The molecule has 0 fully saturated rings. The highest BCUT2D eigenvalue weighted by Crippen LogP contribution is 2.25. The van der Waals surface area contributed by atoms with Gasteiger partial charge in [0.1, 0.15) is 0 Å². The number of anilines is 1. The van der Waals surface area contributed by atoms with E-state index < -0.39 is 0 Å². The molecule has 0 atom stereocenters. The lowest BCUT2D eigenvalue weighted by Crippen LogP contribution is -2.27. The van der Waals surface area contributed by atoms with Gasteiger partial charge in [0.15, 0.2) is 0 Å². The Hall–Kier alpha value is -1.56. The molecule has 0 aromatic heterocycles. The van der Waals surface area contributed by atoms with Crippen LogP contribution in [0.15, 0.2) is 46.9 Å². The molecule has 0 aliphatic carbocycles. The zero-order valence-corrected chi connectivity index (χ0v) is 15.0. The van der Waals surface area contributed by atoms with Crippen molar-refractivity contribution in [2.24, 2.45) is 0 Å². The second-order valence-electron chi connectivity index (χ2n) is 4.69. The number of nitrogens with one attached hydrogen (secondary N) is 2. The van der Waals surface area contributed by atoms with Crippen molar-refractivity contribution in [1.82, 2.24) is 5.32 Å². The molecule has 0 unspecified atom stereocenters. The van der Waals surface area contributed by atoms with E-state index in [-0.39, 0.29) is 24.8 Å². The lowest BCUT2D eigenvalue weighted by molar-refractivity contribution is -0.116. The molecule has 2 rings (SSSR count). The van der Waals surface area contributed by atoms with Crippen LogP contribution in [-0.2, 0) is 4.79 Å². The summed E-state index contributed by atoms with van der Waals surface area (Å²) in [5, 5.41) is 6.22. The van der Waals surface area contributed by atoms with E-state index in [1.807, 2.05) is 0 Å². The summed E-state index contributed by atoms with van der Waals surface area (Å²) in [6.45, 7) is 0.228. The fourth-order valence-corrected chi connectivity index (χ4v) is 2.52. The highest BCUT2D eigenvalue weighted by atomic mass is 79.9. The first-order valence-corrected chi connectivity index (χ1v) is 8.29. The molecule has 23 heavy (non-hydrogen) atoms. The number of halogens is 3. The molecule has 0 heterocycles. The monoisotopic (exact) mass is 414 g/mol. The number of benzene rings is 2. The first-order chi connectivity index (χ1) is 11.0. The first kappa shape index (κ1) is 17.8. The zero-order valence-electron chi connectivity index (χ0n) is 11.9. The number of carbonyl (C=O) groups excluding carboxylic acids is 2. The molecule has 0 aliphatic rings. The quantitative estimate of drug-likeness (QED) is 0.754. The SMILES string of the molecule is O=C(CCNC(=O)c1ccc(Br)cc1)Nc1ccc(Cl)cc1Cl. The van der Waals surface area contributed by atoms with Crippen molar-refractivity contribution in [3.8, 4) is 0 Å². The van der Waals surface area contributed by atoms with Crippen molar-refractivity contribution in [3.05, 3.63) is 62.5 Å². The van der Waals surface area contributed by atoms with Crippen LogP contribution in [-0.4, -0.2) is 18.4 Å². The van der Waals surface area contributed by atoms with Gasteiger partial charge in [0.05, 0.1) is 10.7 Å². The number of carbonyl (C=O) groups is 2. The van der Waals surface area contributed by atoms with Crippen LogP contribution in [0.25, 0.3) is 0 Å². The lowest BCUT2D eigenvalue weighted by Gasteiger charge is -2.08. The Bertz CT molecular complexity index is 721. The maximum atomic E-state index is 11.9. The summed E-state index contributed by atoms with van der Waals surface area (Å²) in [7, 11) is 0. The number of rotatable bonds is 5. The van der Waals surface area contributed by atoms with Gasteiger partial charge >= 0.3 is 0 Å². The van der Waals surface area contributed by atoms with Crippen LogP contribution in [0, 0.1) is 0 Å². The molecule has 2 aromatic carbocycles. The van der Waals surface area contributed by atoms with Crippen molar-refractivity contribution in [1.29, 1.82) is 0 Å². The summed E-state index contributed by atoms with van der Waals surface area (Å²) in [5.41, 5.74) is 1.02. The summed E-state index contributed by atoms with van der Waals surface area (Å²) >= 11 is 15.1. The zero-order chi connectivity index (χ0) is 16.8. The van der Waals surface area contributed by atoms with Crippen LogP contribution in [0.5, 0.6) is 0 Å². The predicted molar refractivity (Wildman–Crippen MR) is 96.2 cm³/mol. The van der Waals surface area contributed by atoms with E-state index in [2.05, 4.69) is 26.6 Å². The summed E-state index contributed by atoms with van der Waals surface area (Å²) < 4.78 is 0.897. The summed E-state index contributed by atoms with van der Waals surface area (Å²) in [4.78, 5) is 23.7. The molecule has 120 valence electrons. The van der Waals surface area contributed by atoms with Gasteiger partial charge in [0.2, 0.25) is 5.91 Å². The van der Waals surface area contributed by atoms with E-state index in [0.29, 0.717) is 21.3 Å². The highest BCUT2D eigenvalue weighted by Gasteiger charge is 2.08. The van der Waals surface area contributed by atoms with Gasteiger partial charge in [-0.1, -0.05) is 39.1 Å². The van der Waals surface area contributed by atoms with Crippen molar-refractivity contribution in [3.63, 3.8) is 0 Å². The van der Waals surface area contributed by atoms with Crippen molar-refractivity contribution < 1.29 is 9.59 Å². The molecule has 0 bridgehead atoms. The van der Waals surface area contributed by atoms with Crippen LogP contribution < -0.4 is 10.6 Å². The second kappa shape index (κ2) is 8.34. The van der Waals surface area contributed by atoms with Gasteiger partial charge < -0.3 is 10.6 Å². The summed E-state index contributed by atoms with van der Waals surface area (Å²) in [6, 6.07) is 11.8. The van der Waals surface area contributed by atoms with Gasteiger partial charge in [-0.25, -0.2) is 0 Å². The van der Waals surface area contributed by atoms with Gasteiger partial charge in [0, 0.05) is 28.0 Å². The van der Waals surface area contributed by atoms with Crippen molar-refractivity contribution in [2.45, 2.75) is 6.42 Å². The molecule has 0 saturated carbocycles. The standard InChI is InChI=1S/C16H13BrCl2N2O2/c17-11-3-1-10(2-4-11)16(23)20-8-7-15(22)21-14-6-5-12(18)9-13(14)19/h1-6,9H,7-8H2,(H,20,23)(H,21,22). The van der Waals surface area contributed by atoms with Gasteiger partial charge in [-0.2, -0.15) is 0 Å². The highest BCUT2D eigenvalue weighted by molar-refractivity contribution is 9.10. The third kappa shape index (κ3) is 5.53. The van der Waals surface area contributed by atoms with Crippen LogP contribution in [0.3, 0.4) is 0 Å². The minimum Gasteiger partial charge on any atom is -0.352 e. The average molecular weight is 416 g/mol. The van der Waals surface area contributed by atoms with Gasteiger partial charge in [-0.15, -0.1) is 0 Å². The van der Waals surface area contributed by atoms with Crippen LogP contribution in [0.2, 0.25) is 10.0 Å². The van der Waals surface area contributed by atoms with Crippen LogP contribution in [0.1, 0.15) is 16.8 Å². The Morgan fingerprint density at radius 2 is 1.74 bits per heavy atom. The topological polar surface area (TPSA) is 58.2 Å². The van der Waals surface area contributed by atoms with Gasteiger partial charge in [0.25, 0.3) is 5.91 Å². The Balaban J connectivity index is 1.80. The van der Waals surface area contributed by atoms with E-state index in [1.165, 1.54) is 0 Å². The smallest absolute Gasteiger partial charge is 0.251 e. The molecule has 0 radical (unpaired) electrons. The minimum atomic E-state index is -0.245. The lowest BCUT2D eigenvalue weighted by atomic mass is 10.2. The molecule has 0 aliphatic heterocycles. The maximum Gasteiger partial charge on any atom is 0.251 e. The van der Waals surface area contributed by atoms with Crippen molar-refractivity contribution >= 4 is 56.6 Å². The molecule has 2 N–H and O–H groups in total. The fourth-order valence-electron chi connectivity index (χ4n) is 1.80. The van der Waals surface area contributed by atoms with Crippen LogP contribution >= 0.6 is 39.1 Å². The van der Waals surface area contributed by atoms with E-state index in [1.54, 1.807) is 42.5 Å². The maximum absolute atomic E-state index is 11.9. The summed E-state index contributed by atoms with van der Waals surface area (Å²) in [6.07, 6.45) is 0.140. The Morgan fingerprint density at radius 3 is 2.39 bits per heavy atom. The van der Waals surface area contributed by atoms with E-state index in [4.69, 9.17) is 23.2 Å². The second-order valence-corrected chi connectivity index (χ2v) is 6.44. The molecule has 2 amide bonds. The molecule has 0 spiro atoms. The third-order valence-electron chi connectivity index (χ3n) is 2.95. The van der Waals surface area contributed by atoms with Gasteiger partial charge in [-0.3, -0.25) is 9.59 Å². The fraction of sp³-hybridized carbons (Fsp3) is 0.125. The molecular formula is C16H13BrCl2N2O2. The summed E-state index contributed by atoms with van der Waals surface area (Å²) in [5.74, 6) is -0.472. The first-order valence-electron chi connectivity index (χ1n) is 6.74. The molecule has 7 heteroatoms. The number of hydrogen-bond acceptors (Lipinski definition) is 2. The van der Waals surface area contributed by atoms with E-state index >= 15 is 0 Å². The number of hydrogen-bond donors (Lipinski definition) is 2. The molecule has 2 aromatic rings. The van der Waals surface area contributed by atoms with E-state index in [0.717, 1.165) is 4.47 Å². The van der Waals surface area contributed by atoms with E-state index in [9.17, 15) is 9.59 Å². The Labute approximate surface area is 152 Å². The Kier molecular flexibility index (Phi) is 6.45. The third-order valence-corrected chi connectivity index (χ3v) is 4.03. The van der Waals surface area contributed by atoms with Crippen LogP contribution in [0.4, 0.5) is 5.69 Å². The van der Waals surface area contributed by atoms with Crippen molar-refractivity contribution in [2.75, 3.05) is 11.9 Å². The minimum absolute atomic E-state index is 0.140. The average Bonchev–Trinajstić information content (AvgIpc) is 2.50. The molecule has 0 saturated heterocycles. The molecular weight excluding hydrogens is 403 g/mol. The largest absolute Gasteiger partial charge is 0.352 e. The molecule has 4 nitrogen and oxygen atoms in total. The normalized spacial score (nSPS) is 10.2. The Morgan fingerprint density at radius 1 is 1.04 bits per heavy atom.